The summed E-state index contributed by atoms with van der Waals surface area (Å²) >= 11 is 0. The van der Waals surface area contributed by atoms with Crippen LogP contribution in [0.4, 0.5) is 0 Å². The minimum atomic E-state index is -3.75. The minimum absolute atomic E-state index is 0. The van der Waals surface area contributed by atoms with Gasteiger partial charge in [-0.1, -0.05) is 12.1 Å². The van der Waals surface area contributed by atoms with Crippen LogP contribution in [0.1, 0.15) is 6.42 Å². The van der Waals surface area contributed by atoms with Crippen molar-refractivity contribution < 1.29 is 27.4 Å². The molecular formula is C23H29Cl2N3O6S. The maximum Gasteiger partial charge on any atom is 0.243 e. The van der Waals surface area contributed by atoms with Crippen molar-refractivity contribution in [3.63, 3.8) is 0 Å². The van der Waals surface area contributed by atoms with Crippen LogP contribution in [0.5, 0.6) is 28.7 Å². The van der Waals surface area contributed by atoms with Crippen molar-refractivity contribution in [3.8, 4) is 28.7 Å². The lowest BCUT2D eigenvalue weighted by Crippen LogP contribution is -2.34. The Morgan fingerprint density at radius 3 is 2.29 bits per heavy atom. The van der Waals surface area contributed by atoms with Gasteiger partial charge in [-0.25, -0.2) is 8.42 Å². The Bertz CT molecular complexity index is 1220. The molecule has 0 atom stereocenters. The highest BCUT2D eigenvalue weighted by molar-refractivity contribution is 7.89. The summed E-state index contributed by atoms with van der Waals surface area (Å²) in [7, 11) is 0.802. The third-order valence-corrected chi connectivity index (χ3v) is 7.43. The van der Waals surface area contributed by atoms with E-state index in [9.17, 15) is 8.42 Å². The van der Waals surface area contributed by atoms with Crippen molar-refractivity contribution in [2.45, 2.75) is 11.3 Å². The molecule has 0 bridgehead atoms. The molecule has 0 spiro atoms. The summed E-state index contributed by atoms with van der Waals surface area (Å²) < 4.78 is 51.1. The van der Waals surface area contributed by atoms with Crippen LogP contribution < -0.4 is 24.3 Å². The highest BCUT2D eigenvalue weighted by Gasteiger charge is 2.28. The lowest BCUT2D eigenvalue weighted by Gasteiger charge is -2.21. The van der Waals surface area contributed by atoms with Crippen molar-refractivity contribution in [2.24, 2.45) is 0 Å². The normalized spacial score (nSPS) is 14.3. The fourth-order valence-corrected chi connectivity index (χ4v) is 5.61. The van der Waals surface area contributed by atoms with Crippen molar-refractivity contribution in [2.75, 3.05) is 47.5 Å². The predicted molar refractivity (Wildman–Crippen MR) is 139 cm³/mol. The number of rotatable bonds is 7. The van der Waals surface area contributed by atoms with Gasteiger partial charge in [-0.15, -0.1) is 24.8 Å². The van der Waals surface area contributed by atoms with E-state index in [4.69, 9.17) is 18.9 Å². The quantitative estimate of drug-likeness (QED) is 0.477. The number of benzene rings is 2. The fraction of sp³-hybridized carbons (Fsp3) is 0.348. The number of pyridine rings is 1. The number of ether oxygens (including phenoxy) is 4. The van der Waals surface area contributed by atoms with Gasteiger partial charge in [-0.05, 0) is 19.0 Å². The van der Waals surface area contributed by atoms with Gasteiger partial charge in [-0.3, -0.25) is 4.98 Å². The van der Waals surface area contributed by atoms with Crippen LogP contribution in [0.3, 0.4) is 0 Å². The smallest absolute Gasteiger partial charge is 0.243 e. The van der Waals surface area contributed by atoms with Gasteiger partial charge in [0.1, 0.15) is 5.75 Å². The molecule has 1 saturated heterocycles. The molecule has 35 heavy (non-hydrogen) atoms. The van der Waals surface area contributed by atoms with E-state index in [1.807, 2.05) is 6.07 Å². The van der Waals surface area contributed by atoms with Gasteiger partial charge in [0.2, 0.25) is 15.8 Å². The summed E-state index contributed by atoms with van der Waals surface area (Å²) in [6.45, 7) is 2.27. The van der Waals surface area contributed by atoms with E-state index in [1.165, 1.54) is 31.8 Å². The van der Waals surface area contributed by atoms with E-state index >= 15 is 0 Å². The zero-order valence-electron chi connectivity index (χ0n) is 19.6. The fourth-order valence-electron chi connectivity index (χ4n) is 3.90. The molecule has 0 amide bonds. The van der Waals surface area contributed by atoms with Crippen LogP contribution in [0, 0.1) is 0 Å². The number of aromatic nitrogens is 1. The van der Waals surface area contributed by atoms with E-state index in [2.05, 4.69) is 10.3 Å². The molecule has 12 heteroatoms. The van der Waals surface area contributed by atoms with E-state index < -0.39 is 10.0 Å². The first-order chi connectivity index (χ1) is 16.0. The summed E-state index contributed by atoms with van der Waals surface area (Å²) in [5.74, 6) is 1.98. The Hall–Kier alpha value is -2.50. The van der Waals surface area contributed by atoms with Crippen molar-refractivity contribution in [1.82, 2.24) is 14.6 Å². The summed E-state index contributed by atoms with van der Waals surface area (Å²) in [4.78, 5) is 4.43. The number of hydrogen-bond acceptors (Lipinski definition) is 8. The molecule has 0 radical (unpaired) electrons. The van der Waals surface area contributed by atoms with Gasteiger partial charge in [0, 0.05) is 48.7 Å². The summed E-state index contributed by atoms with van der Waals surface area (Å²) in [5, 5.41) is 4.37. The first kappa shape index (κ1) is 28.7. The highest BCUT2D eigenvalue weighted by Crippen LogP contribution is 2.43. The molecule has 1 aromatic heterocycles. The molecule has 3 aromatic rings. The number of nitrogens with zero attached hydrogens (tertiary/aromatic N) is 2. The Labute approximate surface area is 217 Å². The van der Waals surface area contributed by atoms with E-state index in [0.29, 0.717) is 59.2 Å². The molecule has 1 fully saturated rings. The summed E-state index contributed by atoms with van der Waals surface area (Å²) in [6, 6.07) is 8.44. The van der Waals surface area contributed by atoms with Crippen LogP contribution >= 0.6 is 24.8 Å². The van der Waals surface area contributed by atoms with Gasteiger partial charge in [0.15, 0.2) is 17.2 Å². The number of methoxy groups -OCH3 is 3. The third-order valence-electron chi connectivity index (χ3n) is 5.49. The Balaban J connectivity index is 0.00000216. The second-order valence-corrected chi connectivity index (χ2v) is 9.37. The number of fused-ring (bicyclic) bond motifs is 1. The molecule has 9 nitrogen and oxygen atoms in total. The lowest BCUT2D eigenvalue weighted by atomic mass is 10.1. The maximum atomic E-state index is 13.6. The molecular weight excluding hydrogens is 517 g/mol. The van der Waals surface area contributed by atoms with Gasteiger partial charge in [0.05, 0.1) is 32.4 Å². The molecule has 0 saturated carbocycles. The van der Waals surface area contributed by atoms with Crippen LogP contribution in [0.2, 0.25) is 0 Å². The topological polar surface area (TPSA) is 99.2 Å². The SMILES string of the molecule is COc1cc(Oc2cncc3cccc(S(=O)(=O)N4CCCNCC4)c23)cc(OC)c1OC.Cl.Cl. The molecule has 1 aliphatic rings. The maximum absolute atomic E-state index is 13.6. The first-order valence-corrected chi connectivity index (χ1v) is 12.0. The predicted octanol–water partition coefficient (Wildman–Crippen LogP) is 3.88. The Morgan fingerprint density at radius 1 is 0.914 bits per heavy atom. The van der Waals surface area contributed by atoms with Crippen LogP contribution in [-0.4, -0.2) is 65.2 Å². The van der Waals surface area contributed by atoms with E-state index in [0.717, 1.165) is 13.0 Å². The van der Waals surface area contributed by atoms with E-state index in [1.54, 1.807) is 30.5 Å². The number of nitrogens with one attached hydrogen (secondary N) is 1. The van der Waals surface area contributed by atoms with Gasteiger partial charge < -0.3 is 24.3 Å². The Kier molecular flexibility index (Phi) is 10.2. The molecule has 0 unspecified atom stereocenters. The zero-order chi connectivity index (χ0) is 23.4. The van der Waals surface area contributed by atoms with E-state index in [-0.39, 0.29) is 29.7 Å². The number of halogens is 2. The molecule has 192 valence electrons. The van der Waals surface area contributed by atoms with Gasteiger partial charge in [-0.2, -0.15) is 4.31 Å². The Morgan fingerprint density at radius 2 is 1.63 bits per heavy atom. The number of sulfonamides is 1. The highest BCUT2D eigenvalue weighted by atomic mass is 35.5. The molecule has 1 N–H and O–H groups in total. The zero-order valence-corrected chi connectivity index (χ0v) is 22.1. The molecule has 2 heterocycles. The van der Waals surface area contributed by atoms with Crippen LogP contribution in [-0.2, 0) is 10.0 Å². The molecule has 1 aliphatic heterocycles. The van der Waals surface area contributed by atoms with Crippen molar-refractivity contribution in [1.29, 1.82) is 0 Å². The van der Waals surface area contributed by atoms with Crippen molar-refractivity contribution >= 4 is 45.6 Å². The molecule has 4 rings (SSSR count). The standard InChI is InChI=1S/C23H27N3O6S.2ClH/c1-29-18-12-17(13-19(30-2)23(18)31-3)32-20-15-25-14-16-6-4-7-21(22(16)20)33(27,28)26-10-5-8-24-9-11-26;;/h4,6-7,12-15,24H,5,8-11H2,1-3H3;2*1H. The summed E-state index contributed by atoms with van der Waals surface area (Å²) in [5.41, 5.74) is 0. The van der Waals surface area contributed by atoms with Gasteiger partial charge in [0.25, 0.3) is 0 Å². The summed E-state index contributed by atoms with van der Waals surface area (Å²) in [6.07, 6.45) is 3.88. The minimum Gasteiger partial charge on any atom is -0.493 e. The average molecular weight is 546 g/mol. The largest absolute Gasteiger partial charge is 0.493 e. The molecule has 2 aromatic carbocycles. The van der Waals surface area contributed by atoms with Crippen LogP contribution in [0.25, 0.3) is 10.8 Å². The average Bonchev–Trinajstić information content (AvgIpc) is 3.13. The van der Waals surface area contributed by atoms with Crippen molar-refractivity contribution in [3.05, 3.63) is 42.7 Å². The van der Waals surface area contributed by atoms with Gasteiger partial charge >= 0.3 is 0 Å². The third kappa shape index (κ3) is 5.84. The van der Waals surface area contributed by atoms with Crippen LogP contribution in [0.15, 0.2) is 47.6 Å². The molecule has 0 aliphatic carbocycles. The number of hydrogen-bond donors (Lipinski definition) is 1. The first-order valence-electron chi connectivity index (χ1n) is 10.5. The second-order valence-electron chi connectivity index (χ2n) is 7.46. The lowest BCUT2D eigenvalue weighted by molar-refractivity contribution is 0.321. The monoisotopic (exact) mass is 545 g/mol. The second kappa shape index (κ2) is 12.5.